The van der Waals surface area contributed by atoms with Crippen molar-refractivity contribution in [1.82, 2.24) is 0 Å². The van der Waals surface area contributed by atoms with Crippen LogP contribution < -0.4 is 5.73 Å². The fourth-order valence-electron chi connectivity index (χ4n) is 1.83. The first kappa shape index (κ1) is 15.0. The van der Waals surface area contributed by atoms with Gasteiger partial charge in [-0.3, -0.25) is 0 Å². The van der Waals surface area contributed by atoms with Gasteiger partial charge in [-0.1, -0.05) is 49.5 Å². The normalized spacial score (nSPS) is 12.5. The molecule has 19 heavy (non-hydrogen) atoms. The molecular formula is C14H11Br2ClFN. The summed E-state index contributed by atoms with van der Waals surface area (Å²) in [7, 11) is 0. The van der Waals surface area contributed by atoms with Gasteiger partial charge in [0.1, 0.15) is 5.82 Å². The fraction of sp³-hybridized carbons (Fsp3) is 0.143. The first-order valence-corrected chi connectivity index (χ1v) is 7.57. The van der Waals surface area contributed by atoms with E-state index in [1.165, 1.54) is 6.07 Å². The van der Waals surface area contributed by atoms with E-state index in [4.69, 9.17) is 17.3 Å². The van der Waals surface area contributed by atoms with E-state index in [1.807, 2.05) is 18.2 Å². The molecule has 0 aliphatic heterocycles. The summed E-state index contributed by atoms with van der Waals surface area (Å²) in [5, 5.41) is 0.127. The highest BCUT2D eigenvalue weighted by Crippen LogP contribution is 2.26. The minimum absolute atomic E-state index is 0.127. The molecule has 2 aromatic carbocycles. The molecule has 5 heteroatoms. The summed E-state index contributed by atoms with van der Waals surface area (Å²) in [5.74, 6) is -0.415. The van der Waals surface area contributed by atoms with Crippen LogP contribution in [-0.2, 0) is 6.42 Å². The highest BCUT2D eigenvalue weighted by molar-refractivity contribution is 9.11. The zero-order valence-electron chi connectivity index (χ0n) is 9.84. The Hall–Kier alpha value is -0.420. The summed E-state index contributed by atoms with van der Waals surface area (Å²) < 4.78 is 15.3. The van der Waals surface area contributed by atoms with Crippen molar-refractivity contribution in [2.45, 2.75) is 12.5 Å². The van der Waals surface area contributed by atoms with E-state index in [-0.39, 0.29) is 11.1 Å². The number of nitrogens with two attached hydrogens (primary N) is 1. The van der Waals surface area contributed by atoms with Crippen LogP contribution in [0.3, 0.4) is 0 Å². The zero-order valence-corrected chi connectivity index (χ0v) is 13.8. The molecule has 0 amide bonds. The lowest BCUT2D eigenvalue weighted by Gasteiger charge is -2.13. The molecule has 0 aliphatic carbocycles. The lowest BCUT2D eigenvalue weighted by molar-refractivity contribution is 0.622. The highest BCUT2D eigenvalue weighted by atomic mass is 79.9. The Bertz CT molecular complexity index is 584. The first-order chi connectivity index (χ1) is 8.95. The zero-order chi connectivity index (χ0) is 14.0. The summed E-state index contributed by atoms with van der Waals surface area (Å²) in [4.78, 5) is 0. The smallest absolute Gasteiger partial charge is 0.142 e. The Morgan fingerprint density at radius 3 is 2.32 bits per heavy atom. The molecule has 1 atom stereocenters. The monoisotopic (exact) mass is 405 g/mol. The number of benzene rings is 2. The average Bonchev–Trinajstić information content (AvgIpc) is 2.32. The van der Waals surface area contributed by atoms with Crippen LogP contribution in [-0.4, -0.2) is 0 Å². The summed E-state index contributed by atoms with van der Waals surface area (Å²) >= 11 is 12.5. The van der Waals surface area contributed by atoms with Gasteiger partial charge < -0.3 is 5.73 Å². The van der Waals surface area contributed by atoms with Crippen LogP contribution in [0.1, 0.15) is 17.2 Å². The maximum absolute atomic E-state index is 13.4. The molecule has 1 nitrogen and oxygen atoms in total. The molecular weight excluding hydrogens is 396 g/mol. The molecule has 0 radical (unpaired) electrons. The van der Waals surface area contributed by atoms with E-state index < -0.39 is 5.82 Å². The molecule has 0 saturated heterocycles. The van der Waals surface area contributed by atoms with Gasteiger partial charge in [0.25, 0.3) is 0 Å². The first-order valence-electron chi connectivity index (χ1n) is 5.61. The second-order valence-corrected chi connectivity index (χ2v) is 6.50. The Morgan fingerprint density at radius 1 is 1.11 bits per heavy atom. The van der Waals surface area contributed by atoms with E-state index in [0.717, 1.165) is 20.1 Å². The van der Waals surface area contributed by atoms with E-state index in [2.05, 4.69) is 31.9 Å². The molecule has 0 heterocycles. The van der Waals surface area contributed by atoms with Gasteiger partial charge in [-0.25, -0.2) is 4.39 Å². The fourth-order valence-corrected chi connectivity index (χ4v) is 3.27. The molecule has 0 bridgehead atoms. The van der Waals surface area contributed by atoms with Crippen LogP contribution in [0, 0.1) is 5.82 Å². The topological polar surface area (TPSA) is 26.0 Å². The van der Waals surface area contributed by atoms with Crippen LogP contribution in [0.4, 0.5) is 4.39 Å². The largest absolute Gasteiger partial charge is 0.324 e. The Morgan fingerprint density at radius 2 is 1.74 bits per heavy atom. The molecule has 100 valence electrons. The lowest BCUT2D eigenvalue weighted by Crippen LogP contribution is -2.13. The maximum Gasteiger partial charge on any atom is 0.142 e. The van der Waals surface area contributed by atoms with Gasteiger partial charge in [-0.15, -0.1) is 0 Å². The molecule has 2 rings (SSSR count). The summed E-state index contributed by atoms with van der Waals surface area (Å²) in [6.45, 7) is 0. The van der Waals surface area contributed by atoms with Crippen molar-refractivity contribution >= 4 is 43.5 Å². The van der Waals surface area contributed by atoms with Gasteiger partial charge in [-0.05, 0) is 47.9 Å². The van der Waals surface area contributed by atoms with Gasteiger partial charge >= 0.3 is 0 Å². The van der Waals surface area contributed by atoms with E-state index >= 15 is 0 Å². The van der Waals surface area contributed by atoms with Crippen LogP contribution in [0.5, 0.6) is 0 Å². The third kappa shape index (κ3) is 4.02. The van der Waals surface area contributed by atoms with Gasteiger partial charge in [0.15, 0.2) is 0 Å². The number of hydrogen-bond acceptors (Lipinski definition) is 1. The van der Waals surface area contributed by atoms with Crippen LogP contribution in [0.15, 0.2) is 45.3 Å². The predicted octanol–water partition coefficient (Wildman–Crippen LogP) is 5.25. The Balaban J connectivity index is 2.20. The molecule has 0 fully saturated rings. The van der Waals surface area contributed by atoms with Crippen molar-refractivity contribution in [1.29, 1.82) is 0 Å². The molecule has 2 aromatic rings. The second-order valence-electron chi connectivity index (χ2n) is 4.26. The SMILES string of the molecule is NC(Cc1ccc(Cl)c(F)c1)c1cc(Br)cc(Br)c1. The summed E-state index contributed by atoms with van der Waals surface area (Å²) in [6.07, 6.45) is 0.553. The van der Waals surface area contributed by atoms with E-state index in [9.17, 15) is 4.39 Å². The van der Waals surface area contributed by atoms with Crippen molar-refractivity contribution in [2.24, 2.45) is 5.73 Å². The van der Waals surface area contributed by atoms with Gasteiger partial charge in [0, 0.05) is 15.0 Å². The van der Waals surface area contributed by atoms with Crippen LogP contribution in [0.2, 0.25) is 5.02 Å². The number of halogens is 4. The number of rotatable bonds is 3. The van der Waals surface area contributed by atoms with Gasteiger partial charge in [0.05, 0.1) is 5.02 Å². The van der Waals surface area contributed by atoms with Crippen molar-refractivity contribution in [3.05, 3.63) is 67.3 Å². The Labute approximate surface area is 133 Å². The van der Waals surface area contributed by atoms with Crippen molar-refractivity contribution in [2.75, 3.05) is 0 Å². The van der Waals surface area contributed by atoms with Gasteiger partial charge in [-0.2, -0.15) is 0 Å². The molecule has 0 aromatic heterocycles. The molecule has 0 saturated carbocycles. The minimum atomic E-state index is -0.415. The second kappa shape index (κ2) is 6.35. The molecule has 0 aliphatic rings. The van der Waals surface area contributed by atoms with Gasteiger partial charge in [0.2, 0.25) is 0 Å². The van der Waals surface area contributed by atoms with Crippen molar-refractivity contribution in [3.63, 3.8) is 0 Å². The summed E-state index contributed by atoms with van der Waals surface area (Å²) in [6, 6.07) is 10.4. The van der Waals surface area contributed by atoms with E-state index in [0.29, 0.717) is 6.42 Å². The predicted molar refractivity (Wildman–Crippen MR) is 83.9 cm³/mol. The molecule has 0 spiro atoms. The Kier molecular flexibility index (Phi) is 5.01. The van der Waals surface area contributed by atoms with Crippen LogP contribution in [0.25, 0.3) is 0 Å². The minimum Gasteiger partial charge on any atom is -0.324 e. The lowest BCUT2D eigenvalue weighted by atomic mass is 10.00. The van der Waals surface area contributed by atoms with Crippen LogP contribution >= 0.6 is 43.5 Å². The van der Waals surface area contributed by atoms with E-state index in [1.54, 1.807) is 12.1 Å². The molecule has 1 unspecified atom stereocenters. The quantitative estimate of drug-likeness (QED) is 0.739. The standard InChI is InChI=1S/C14H11Br2ClFN/c15-10-5-9(6-11(16)7-10)14(19)4-8-1-2-12(17)13(18)3-8/h1-3,5-7,14H,4,19H2. The average molecular weight is 408 g/mol. The third-order valence-electron chi connectivity index (χ3n) is 2.75. The number of hydrogen-bond donors (Lipinski definition) is 1. The highest BCUT2D eigenvalue weighted by Gasteiger charge is 2.10. The molecule has 2 N–H and O–H groups in total. The maximum atomic E-state index is 13.4. The van der Waals surface area contributed by atoms with Crippen molar-refractivity contribution < 1.29 is 4.39 Å². The summed E-state index contributed by atoms with van der Waals surface area (Å²) in [5.41, 5.74) is 7.96. The van der Waals surface area contributed by atoms with Crippen molar-refractivity contribution in [3.8, 4) is 0 Å². The third-order valence-corrected chi connectivity index (χ3v) is 3.97.